The van der Waals surface area contributed by atoms with Gasteiger partial charge in [0.15, 0.2) is 0 Å². The topological polar surface area (TPSA) is 64.6 Å². The van der Waals surface area contributed by atoms with Crippen molar-refractivity contribution in [3.05, 3.63) is 65.2 Å². The number of aliphatic hydroxyl groups excluding tert-OH is 1. The molecular weight excluding hydrogens is 302 g/mol. The van der Waals surface area contributed by atoms with Gasteiger partial charge in [-0.15, -0.1) is 0 Å². The van der Waals surface area contributed by atoms with Crippen LogP contribution in [0.4, 0.5) is 10.5 Å². The van der Waals surface area contributed by atoms with E-state index in [2.05, 4.69) is 51.9 Å². The normalized spacial score (nSPS) is 12.8. The number of nitrogens with one attached hydrogen (secondary N) is 2. The Kier molecular flexibility index (Phi) is 5.33. The fourth-order valence-corrected chi connectivity index (χ4v) is 2.97. The van der Waals surface area contributed by atoms with Crippen LogP contribution >= 0.6 is 0 Å². The number of nitrogens with zero attached hydrogens (tertiary/aromatic N) is 1. The second-order valence-corrected chi connectivity index (χ2v) is 5.95. The largest absolute Gasteiger partial charge is 0.395 e. The van der Waals surface area contributed by atoms with Gasteiger partial charge in [0.25, 0.3) is 0 Å². The summed E-state index contributed by atoms with van der Waals surface area (Å²) in [6, 6.07) is 16.6. The molecule has 0 saturated heterocycles. The van der Waals surface area contributed by atoms with Crippen LogP contribution in [0, 0.1) is 0 Å². The highest BCUT2D eigenvalue weighted by atomic mass is 16.3. The maximum Gasteiger partial charge on any atom is 0.315 e. The van der Waals surface area contributed by atoms with Crippen LogP contribution in [0.2, 0.25) is 0 Å². The van der Waals surface area contributed by atoms with Gasteiger partial charge in [0, 0.05) is 31.9 Å². The van der Waals surface area contributed by atoms with Gasteiger partial charge in [0.05, 0.1) is 6.61 Å². The number of amides is 2. The molecule has 2 amide bonds. The summed E-state index contributed by atoms with van der Waals surface area (Å²) in [5, 5.41) is 14.0. The molecular formula is C19H23N3O2. The van der Waals surface area contributed by atoms with Gasteiger partial charge in [-0.2, -0.15) is 0 Å². The number of benzene rings is 2. The molecule has 0 spiro atoms. The predicted molar refractivity (Wildman–Crippen MR) is 95.0 cm³/mol. The number of fused-ring (bicyclic) bond motifs is 1. The lowest BCUT2D eigenvalue weighted by Gasteiger charge is -2.19. The van der Waals surface area contributed by atoms with Crippen molar-refractivity contribution in [1.29, 1.82) is 0 Å². The molecule has 126 valence electrons. The van der Waals surface area contributed by atoms with Crippen LogP contribution in [0.5, 0.6) is 0 Å². The fraction of sp³-hybridized carbons (Fsp3) is 0.316. The van der Waals surface area contributed by atoms with E-state index in [1.54, 1.807) is 0 Å². The summed E-state index contributed by atoms with van der Waals surface area (Å²) in [6.07, 6.45) is 1.11. The van der Waals surface area contributed by atoms with Crippen molar-refractivity contribution in [1.82, 2.24) is 10.6 Å². The number of para-hydroxylation sites is 1. The zero-order valence-electron chi connectivity index (χ0n) is 13.7. The minimum atomic E-state index is -0.262. The average molecular weight is 325 g/mol. The van der Waals surface area contributed by atoms with Gasteiger partial charge in [0.2, 0.25) is 0 Å². The number of urea groups is 1. The van der Waals surface area contributed by atoms with Crippen molar-refractivity contribution < 1.29 is 9.90 Å². The van der Waals surface area contributed by atoms with Gasteiger partial charge in [-0.25, -0.2) is 4.79 Å². The number of carbonyl (C=O) groups excluding carboxylic acids is 1. The van der Waals surface area contributed by atoms with E-state index in [1.807, 2.05) is 12.1 Å². The quantitative estimate of drug-likeness (QED) is 0.761. The monoisotopic (exact) mass is 325 g/mol. The van der Waals surface area contributed by atoms with Crippen molar-refractivity contribution in [2.45, 2.75) is 19.5 Å². The van der Waals surface area contributed by atoms with Gasteiger partial charge in [-0.05, 0) is 29.2 Å². The molecule has 0 aromatic heterocycles. The minimum Gasteiger partial charge on any atom is -0.395 e. The van der Waals surface area contributed by atoms with Crippen LogP contribution in [0.15, 0.2) is 48.5 Å². The zero-order chi connectivity index (χ0) is 16.8. The molecule has 0 saturated carbocycles. The number of anilines is 1. The van der Waals surface area contributed by atoms with E-state index in [4.69, 9.17) is 5.11 Å². The molecule has 0 atom stereocenters. The molecule has 3 N–H and O–H groups in total. The molecule has 2 aromatic carbocycles. The highest BCUT2D eigenvalue weighted by Gasteiger charge is 2.17. The van der Waals surface area contributed by atoms with E-state index in [-0.39, 0.29) is 19.2 Å². The van der Waals surface area contributed by atoms with Crippen LogP contribution in [0.1, 0.15) is 16.7 Å². The van der Waals surface area contributed by atoms with E-state index in [0.717, 1.165) is 25.1 Å². The Morgan fingerprint density at radius 1 is 1.04 bits per heavy atom. The van der Waals surface area contributed by atoms with Gasteiger partial charge in [-0.3, -0.25) is 0 Å². The second-order valence-electron chi connectivity index (χ2n) is 5.95. The summed E-state index contributed by atoms with van der Waals surface area (Å²) >= 11 is 0. The number of hydrogen-bond donors (Lipinski definition) is 3. The summed E-state index contributed by atoms with van der Waals surface area (Å²) in [5.41, 5.74) is 5.08. The Morgan fingerprint density at radius 2 is 1.79 bits per heavy atom. The van der Waals surface area contributed by atoms with E-state index in [1.165, 1.54) is 16.8 Å². The Labute approximate surface area is 142 Å². The number of hydrogen-bond acceptors (Lipinski definition) is 3. The second kappa shape index (κ2) is 7.84. The molecule has 24 heavy (non-hydrogen) atoms. The predicted octanol–water partition coefficient (Wildman–Crippen LogP) is 2.04. The molecule has 1 heterocycles. The summed E-state index contributed by atoms with van der Waals surface area (Å²) in [5.74, 6) is 0. The first-order valence-electron chi connectivity index (χ1n) is 8.29. The van der Waals surface area contributed by atoms with Gasteiger partial charge < -0.3 is 20.6 Å². The van der Waals surface area contributed by atoms with Crippen LogP contribution < -0.4 is 15.5 Å². The standard InChI is InChI=1S/C19H23N3O2/c23-12-10-20-19(24)21-13-15-5-7-16(8-6-15)14-22-11-9-17-3-1-2-4-18(17)22/h1-8,23H,9-14H2,(H2,20,21,24). The first-order valence-corrected chi connectivity index (χ1v) is 8.29. The Hall–Kier alpha value is -2.53. The van der Waals surface area contributed by atoms with Crippen molar-refractivity contribution in [3.63, 3.8) is 0 Å². The third-order valence-electron chi connectivity index (χ3n) is 4.23. The molecule has 0 bridgehead atoms. The number of aliphatic hydroxyl groups is 1. The lowest BCUT2D eigenvalue weighted by Crippen LogP contribution is -2.36. The maximum atomic E-state index is 11.4. The molecule has 1 aliphatic heterocycles. The van der Waals surface area contributed by atoms with Crippen LogP contribution in [0.25, 0.3) is 0 Å². The van der Waals surface area contributed by atoms with Crippen molar-refractivity contribution in [2.24, 2.45) is 0 Å². The maximum absolute atomic E-state index is 11.4. The Balaban J connectivity index is 1.53. The van der Waals surface area contributed by atoms with Crippen molar-refractivity contribution in [3.8, 4) is 0 Å². The van der Waals surface area contributed by atoms with Gasteiger partial charge in [-0.1, -0.05) is 42.5 Å². The highest BCUT2D eigenvalue weighted by molar-refractivity contribution is 5.73. The number of rotatable bonds is 6. The first-order chi connectivity index (χ1) is 11.8. The zero-order valence-corrected chi connectivity index (χ0v) is 13.7. The smallest absolute Gasteiger partial charge is 0.315 e. The summed E-state index contributed by atoms with van der Waals surface area (Å²) in [6.45, 7) is 2.66. The molecule has 0 radical (unpaired) electrons. The molecule has 0 fully saturated rings. The first kappa shape index (κ1) is 16.3. The van der Waals surface area contributed by atoms with Crippen LogP contribution in [0.3, 0.4) is 0 Å². The fourth-order valence-electron chi connectivity index (χ4n) is 2.97. The lowest BCUT2D eigenvalue weighted by atomic mass is 10.1. The molecule has 1 aliphatic rings. The van der Waals surface area contributed by atoms with Crippen LogP contribution in [-0.2, 0) is 19.5 Å². The SMILES string of the molecule is O=C(NCCO)NCc1ccc(CN2CCc3ccccc32)cc1. The summed E-state index contributed by atoms with van der Waals surface area (Å²) in [7, 11) is 0. The molecule has 2 aromatic rings. The molecule has 5 heteroatoms. The lowest BCUT2D eigenvalue weighted by molar-refractivity contribution is 0.234. The highest BCUT2D eigenvalue weighted by Crippen LogP contribution is 2.28. The molecule has 3 rings (SSSR count). The Bertz CT molecular complexity index is 685. The summed E-state index contributed by atoms with van der Waals surface area (Å²) < 4.78 is 0. The molecule has 5 nitrogen and oxygen atoms in total. The van der Waals surface area contributed by atoms with Crippen molar-refractivity contribution >= 4 is 11.7 Å². The van der Waals surface area contributed by atoms with E-state index >= 15 is 0 Å². The minimum absolute atomic E-state index is 0.0538. The summed E-state index contributed by atoms with van der Waals surface area (Å²) in [4.78, 5) is 13.9. The van der Waals surface area contributed by atoms with Gasteiger partial charge >= 0.3 is 6.03 Å². The third kappa shape index (κ3) is 4.06. The van der Waals surface area contributed by atoms with E-state index in [0.29, 0.717) is 6.54 Å². The Morgan fingerprint density at radius 3 is 2.58 bits per heavy atom. The molecule has 0 aliphatic carbocycles. The van der Waals surface area contributed by atoms with E-state index in [9.17, 15) is 4.79 Å². The third-order valence-corrected chi connectivity index (χ3v) is 4.23. The van der Waals surface area contributed by atoms with Crippen molar-refractivity contribution in [2.75, 3.05) is 24.6 Å². The van der Waals surface area contributed by atoms with Gasteiger partial charge in [0.1, 0.15) is 0 Å². The average Bonchev–Trinajstić information content (AvgIpc) is 3.02. The van der Waals surface area contributed by atoms with Crippen LogP contribution in [-0.4, -0.2) is 30.8 Å². The number of carbonyl (C=O) groups is 1. The molecule has 0 unspecified atom stereocenters. The van der Waals surface area contributed by atoms with E-state index < -0.39 is 0 Å².